The molecule has 0 fully saturated rings. The minimum absolute atomic E-state index is 0.0570. The summed E-state index contributed by atoms with van der Waals surface area (Å²) in [5, 5.41) is 3.06. The van der Waals surface area contributed by atoms with Crippen molar-refractivity contribution < 1.29 is 0 Å². The summed E-state index contributed by atoms with van der Waals surface area (Å²) >= 11 is 0. The summed E-state index contributed by atoms with van der Waals surface area (Å²) in [7, 11) is 0. The second-order valence-corrected chi connectivity index (χ2v) is 3.72. The molecular weight excluding hydrogens is 194 g/mol. The average molecular weight is 211 g/mol. The van der Waals surface area contributed by atoms with Gasteiger partial charge in [-0.25, -0.2) is 4.98 Å². The maximum atomic E-state index is 11.2. The lowest BCUT2D eigenvalue weighted by molar-refractivity contribution is 0.530. The number of nitrogen functional groups attached to an aromatic ring is 1. The smallest absolute Gasteiger partial charge is 0.276 e. The van der Waals surface area contributed by atoms with Crippen LogP contribution in [0.5, 0.6) is 0 Å². The molecule has 1 aromatic rings. The summed E-state index contributed by atoms with van der Waals surface area (Å²) in [6, 6.07) is 0.0570. The zero-order chi connectivity index (χ0) is 11.4. The number of rotatable bonds is 4. The number of nitrogens with two attached hydrogens (primary N) is 2. The summed E-state index contributed by atoms with van der Waals surface area (Å²) in [5.41, 5.74) is 10.9. The minimum atomic E-state index is -0.341. The highest BCUT2D eigenvalue weighted by Gasteiger charge is 2.13. The van der Waals surface area contributed by atoms with Gasteiger partial charge in [-0.2, -0.15) is 0 Å². The predicted molar refractivity (Wildman–Crippen MR) is 60.6 cm³/mol. The molecule has 0 bridgehead atoms. The van der Waals surface area contributed by atoms with E-state index in [9.17, 15) is 4.79 Å². The Morgan fingerprint density at radius 3 is 2.80 bits per heavy atom. The summed E-state index contributed by atoms with van der Waals surface area (Å²) in [6.45, 7) is 4.54. The molecule has 0 amide bonds. The van der Waals surface area contributed by atoms with Gasteiger partial charge in [0.2, 0.25) is 0 Å². The van der Waals surface area contributed by atoms with Gasteiger partial charge < -0.3 is 21.8 Å². The van der Waals surface area contributed by atoms with Crippen LogP contribution in [0.25, 0.3) is 0 Å². The second-order valence-electron chi connectivity index (χ2n) is 3.72. The number of aromatic amines is 1. The summed E-state index contributed by atoms with van der Waals surface area (Å²) in [6.07, 6.45) is 1.31. The first-order valence-corrected chi connectivity index (χ1v) is 4.86. The second kappa shape index (κ2) is 4.79. The number of H-pyrrole nitrogens is 1. The molecule has 0 aliphatic rings. The highest BCUT2D eigenvalue weighted by atomic mass is 16.1. The van der Waals surface area contributed by atoms with Crippen LogP contribution in [0, 0.1) is 5.92 Å². The average Bonchev–Trinajstić information content (AvgIpc) is 2.19. The lowest BCUT2D eigenvalue weighted by Crippen LogP contribution is -2.35. The number of anilines is 2. The van der Waals surface area contributed by atoms with Gasteiger partial charge in [-0.05, 0) is 5.92 Å². The SMILES string of the molecule is CC(C)C(CN)Nc1nc[nH]c(=O)c1N. The molecule has 0 aliphatic carbocycles. The summed E-state index contributed by atoms with van der Waals surface area (Å²) in [4.78, 5) is 17.5. The molecule has 15 heavy (non-hydrogen) atoms. The Kier molecular flexibility index (Phi) is 3.68. The highest BCUT2D eigenvalue weighted by molar-refractivity contribution is 5.59. The van der Waals surface area contributed by atoms with Gasteiger partial charge in [-0.1, -0.05) is 13.8 Å². The van der Waals surface area contributed by atoms with E-state index in [0.717, 1.165) is 0 Å². The van der Waals surface area contributed by atoms with Gasteiger partial charge in [0.15, 0.2) is 5.82 Å². The van der Waals surface area contributed by atoms with Crippen LogP contribution in [0.4, 0.5) is 11.5 Å². The van der Waals surface area contributed by atoms with Crippen LogP contribution in [-0.4, -0.2) is 22.6 Å². The van der Waals surface area contributed by atoms with Gasteiger partial charge >= 0.3 is 0 Å². The van der Waals surface area contributed by atoms with Gasteiger partial charge in [0.05, 0.1) is 6.33 Å². The van der Waals surface area contributed by atoms with E-state index in [1.165, 1.54) is 6.33 Å². The number of nitrogens with one attached hydrogen (secondary N) is 2. The van der Waals surface area contributed by atoms with E-state index in [2.05, 4.69) is 15.3 Å². The highest BCUT2D eigenvalue weighted by Crippen LogP contribution is 2.12. The maximum Gasteiger partial charge on any atom is 0.276 e. The third-order valence-electron chi connectivity index (χ3n) is 2.27. The topological polar surface area (TPSA) is 110 Å². The van der Waals surface area contributed by atoms with Crippen LogP contribution in [0.3, 0.4) is 0 Å². The van der Waals surface area contributed by atoms with E-state index < -0.39 is 0 Å². The van der Waals surface area contributed by atoms with Crippen LogP contribution >= 0.6 is 0 Å². The molecule has 0 saturated heterocycles. The van der Waals surface area contributed by atoms with Crippen molar-refractivity contribution in [1.82, 2.24) is 9.97 Å². The Balaban J connectivity index is 2.88. The van der Waals surface area contributed by atoms with E-state index >= 15 is 0 Å². The van der Waals surface area contributed by atoms with Crippen LogP contribution in [0.2, 0.25) is 0 Å². The van der Waals surface area contributed by atoms with E-state index in [-0.39, 0.29) is 17.3 Å². The molecule has 1 atom stereocenters. The van der Waals surface area contributed by atoms with Gasteiger partial charge in [-0.3, -0.25) is 4.79 Å². The van der Waals surface area contributed by atoms with Crippen molar-refractivity contribution in [2.24, 2.45) is 11.7 Å². The molecule has 6 N–H and O–H groups in total. The largest absolute Gasteiger partial charge is 0.391 e. The molecule has 0 aliphatic heterocycles. The molecule has 84 valence electrons. The van der Waals surface area contributed by atoms with E-state index in [1.54, 1.807) is 0 Å². The molecular formula is C9H17N5O. The maximum absolute atomic E-state index is 11.2. The van der Waals surface area contributed by atoms with Gasteiger partial charge in [0.1, 0.15) is 5.69 Å². The monoisotopic (exact) mass is 211 g/mol. The Morgan fingerprint density at radius 2 is 2.27 bits per heavy atom. The Labute approximate surface area is 88.1 Å². The molecule has 1 unspecified atom stereocenters. The van der Waals surface area contributed by atoms with E-state index in [1.807, 2.05) is 13.8 Å². The molecule has 0 spiro atoms. The lowest BCUT2D eigenvalue weighted by Gasteiger charge is -2.21. The fraction of sp³-hybridized carbons (Fsp3) is 0.556. The Bertz CT molecular complexity index is 373. The normalized spacial score (nSPS) is 12.8. The zero-order valence-electron chi connectivity index (χ0n) is 8.95. The molecule has 0 saturated carbocycles. The quantitative estimate of drug-likeness (QED) is 0.549. The fourth-order valence-corrected chi connectivity index (χ4v) is 1.20. The fourth-order valence-electron chi connectivity index (χ4n) is 1.20. The zero-order valence-corrected chi connectivity index (χ0v) is 8.95. The number of hydrogen-bond donors (Lipinski definition) is 4. The molecule has 0 radical (unpaired) electrons. The van der Waals surface area contributed by atoms with E-state index in [0.29, 0.717) is 18.3 Å². The van der Waals surface area contributed by atoms with Gasteiger partial charge in [0, 0.05) is 12.6 Å². The first kappa shape index (κ1) is 11.5. The first-order chi connectivity index (χ1) is 7.06. The molecule has 0 aromatic carbocycles. The van der Waals surface area contributed by atoms with Crippen LogP contribution in [0.1, 0.15) is 13.8 Å². The lowest BCUT2D eigenvalue weighted by atomic mass is 10.1. The van der Waals surface area contributed by atoms with Crippen molar-refractivity contribution in [3.8, 4) is 0 Å². The Morgan fingerprint density at radius 1 is 1.60 bits per heavy atom. The van der Waals surface area contributed by atoms with Crippen molar-refractivity contribution in [3.05, 3.63) is 16.7 Å². The van der Waals surface area contributed by atoms with Crippen molar-refractivity contribution in [2.45, 2.75) is 19.9 Å². The predicted octanol–water partition coefficient (Wildman–Crippen LogP) is -0.253. The molecule has 1 aromatic heterocycles. The molecule has 1 rings (SSSR count). The molecule has 6 nitrogen and oxygen atoms in total. The number of nitrogens with zero attached hydrogens (tertiary/aromatic N) is 1. The van der Waals surface area contributed by atoms with Crippen molar-refractivity contribution in [1.29, 1.82) is 0 Å². The van der Waals surface area contributed by atoms with Gasteiger partial charge in [0.25, 0.3) is 5.56 Å². The van der Waals surface area contributed by atoms with Crippen molar-refractivity contribution >= 4 is 11.5 Å². The third kappa shape index (κ3) is 2.69. The number of hydrogen-bond acceptors (Lipinski definition) is 5. The number of aromatic nitrogens is 2. The van der Waals surface area contributed by atoms with Crippen LogP contribution < -0.4 is 22.3 Å². The Hall–Kier alpha value is -1.56. The van der Waals surface area contributed by atoms with Gasteiger partial charge in [-0.15, -0.1) is 0 Å². The first-order valence-electron chi connectivity index (χ1n) is 4.86. The molecule has 1 heterocycles. The van der Waals surface area contributed by atoms with Crippen LogP contribution in [0.15, 0.2) is 11.1 Å². The standard InChI is InChI=1S/C9H17N5O/c1-5(2)6(3-10)14-8-7(11)9(15)13-4-12-8/h4-6H,3,10-11H2,1-2H3,(H2,12,13,14,15). The minimum Gasteiger partial charge on any atom is -0.391 e. The van der Waals surface area contributed by atoms with E-state index in [4.69, 9.17) is 11.5 Å². The third-order valence-corrected chi connectivity index (χ3v) is 2.27. The van der Waals surface area contributed by atoms with Crippen molar-refractivity contribution in [2.75, 3.05) is 17.6 Å². The van der Waals surface area contributed by atoms with Crippen LogP contribution in [-0.2, 0) is 0 Å². The summed E-state index contributed by atoms with van der Waals surface area (Å²) in [5.74, 6) is 0.735. The van der Waals surface area contributed by atoms with Crippen molar-refractivity contribution in [3.63, 3.8) is 0 Å². The molecule has 6 heteroatoms. The summed E-state index contributed by atoms with van der Waals surface area (Å²) < 4.78 is 0.